The SMILES string of the molecule is Cn1cc(S(=O)(=O)N2CCc3cc(C(=O)O)ccc32)cn1. The molecule has 7 nitrogen and oxygen atoms in total. The maximum atomic E-state index is 12.6. The molecule has 0 unspecified atom stereocenters. The number of rotatable bonds is 3. The molecule has 1 N–H and O–H groups in total. The third-order valence-electron chi connectivity index (χ3n) is 3.45. The van der Waals surface area contributed by atoms with Crippen molar-refractivity contribution in [2.45, 2.75) is 11.3 Å². The molecule has 0 bridgehead atoms. The third-order valence-corrected chi connectivity index (χ3v) is 5.21. The summed E-state index contributed by atoms with van der Waals surface area (Å²) < 4.78 is 27.9. The van der Waals surface area contributed by atoms with Crippen molar-refractivity contribution in [3.8, 4) is 0 Å². The van der Waals surface area contributed by atoms with Crippen LogP contribution in [0.5, 0.6) is 0 Å². The molecular weight excluding hydrogens is 294 g/mol. The van der Waals surface area contributed by atoms with Gasteiger partial charge in [-0.3, -0.25) is 8.99 Å². The summed E-state index contributed by atoms with van der Waals surface area (Å²) >= 11 is 0. The molecule has 1 aromatic heterocycles. The number of aromatic nitrogens is 2. The molecule has 0 radical (unpaired) electrons. The lowest BCUT2D eigenvalue weighted by molar-refractivity contribution is 0.0697. The van der Waals surface area contributed by atoms with Gasteiger partial charge in [-0.05, 0) is 30.2 Å². The topological polar surface area (TPSA) is 92.5 Å². The van der Waals surface area contributed by atoms with Gasteiger partial charge in [0, 0.05) is 19.8 Å². The lowest BCUT2D eigenvalue weighted by Crippen LogP contribution is -2.28. The summed E-state index contributed by atoms with van der Waals surface area (Å²) in [5.41, 5.74) is 1.42. The molecule has 0 fully saturated rings. The average molecular weight is 307 g/mol. The molecule has 0 saturated heterocycles. The highest BCUT2D eigenvalue weighted by atomic mass is 32.2. The summed E-state index contributed by atoms with van der Waals surface area (Å²) in [6.07, 6.45) is 3.24. The van der Waals surface area contributed by atoms with Crippen LogP contribution in [0.25, 0.3) is 0 Å². The monoisotopic (exact) mass is 307 g/mol. The van der Waals surface area contributed by atoms with Crippen molar-refractivity contribution in [2.75, 3.05) is 10.8 Å². The van der Waals surface area contributed by atoms with Crippen molar-refractivity contribution in [2.24, 2.45) is 7.05 Å². The highest BCUT2D eigenvalue weighted by molar-refractivity contribution is 7.92. The Morgan fingerprint density at radius 3 is 2.76 bits per heavy atom. The second-order valence-corrected chi connectivity index (χ2v) is 6.69. The second kappa shape index (κ2) is 4.59. The zero-order valence-corrected chi connectivity index (χ0v) is 12.0. The van der Waals surface area contributed by atoms with Gasteiger partial charge < -0.3 is 5.11 Å². The van der Waals surface area contributed by atoms with E-state index in [9.17, 15) is 13.2 Å². The van der Waals surface area contributed by atoms with E-state index >= 15 is 0 Å². The number of carbonyl (C=O) groups is 1. The second-order valence-electron chi connectivity index (χ2n) is 4.83. The van der Waals surface area contributed by atoms with Crippen molar-refractivity contribution in [1.29, 1.82) is 0 Å². The number of nitrogens with zero attached hydrogens (tertiary/aromatic N) is 3. The normalized spacial score (nSPS) is 14.2. The Labute approximate surface area is 121 Å². The molecule has 1 aromatic carbocycles. The van der Waals surface area contributed by atoms with E-state index in [4.69, 9.17) is 5.11 Å². The van der Waals surface area contributed by atoms with Crippen molar-refractivity contribution < 1.29 is 18.3 Å². The van der Waals surface area contributed by atoms with Gasteiger partial charge >= 0.3 is 5.97 Å². The van der Waals surface area contributed by atoms with E-state index in [2.05, 4.69) is 5.10 Å². The summed E-state index contributed by atoms with van der Waals surface area (Å²) in [5, 5.41) is 12.9. The fraction of sp³-hybridized carbons (Fsp3) is 0.231. The number of aryl methyl sites for hydroxylation is 1. The van der Waals surface area contributed by atoms with E-state index in [1.54, 1.807) is 13.1 Å². The van der Waals surface area contributed by atoms with Crippen LogP contribution in [-0.2, 0) is 23.5 Å². The van der Waals surface area contributed by atoms with Gasteiger partial charge in [-0.2, -0.15) is 5.10 Å². The van der Waals surface area contributed by atoms with Crippen LogP contribution in [-0.4, -0.2) is 35.8 Å². The van der Waals surface area contributed by atoms with Crippen LogP contribution in [0.1, 0.15) is 15.9 Å². The zero-order chi connectivity index (χ0) is 15.2. The van der Waals surface area contributed by atoms with Gasteiger partial charge in [0.2, 0.25) is 0 Å². The smallest absolute Gasteiger partial charge is 0.335 e. The molecule has 2 aromatic rings. The molecule has 110 valence electrons. The molecular formula is C13H13N3O4S. The van der Waals surface area contributed by atoms with E-state index in [1.807, 2.05) is 0 Å². The van der Waals surface area contributed by atoms with E-state index in [0.717, 1.165) is 5.56 Å². The fourth-order valence-electron chi connectivity index (χ4n) is 2.41. The summed E-state index contributed by atoms with van der Waals surface area (Å²) in [6.45, 7) is 0.301. The number of carboxylic acids is 1. The molecule has 21 heavy (non-hydrogen) atoms. The molecule has 1 aliphatic heterocycles. The van der Waals surface area contributed by atoms with Crippen molar-refractivity contribution in [3.63, 3.8) is 0 Å². The quantitative estimate of drug-likeness (QED) is 0.908. The first-order valence-electron chi connectivity index (χ1n) is 6.27. The number of fused-ring (bicyclic) bond motifs is 1. The summed E-state index contributed by atoms with van der Waals surface area (Å²) in [5.74, 6) is -1.02. The van der Waals surface area contributed by atoms with Crippen LogP contribution in [0, 0.1) is 0 Å². The van der Waals surface area contributed by atoms with E-state index in [-0.39, 0.29) is 10.5 Å². The fourth-order valence-corrected chi connectivity index (χ4v) is 3.90. The minimum absolute atomic E-state index is 0.125. The largest absolute Gasteiger partial charge is 0.478 e. The molecule has 8 heteroatoms. The highest BCUT2D eigenvalue weighted by Crippen LogP contribution is 2.33. The Hall–Kier alpha value is -2.35. The summed E-state index contributed by atoms with van der Waals surface area (Å²) in [4.78, 5) is 11.1. The first kappa shape index (κ1) is 13.6. The summed E-state index contributed by atoms with van der Waals surface area (Å²) in [6, 6.07) is 4.48. The lowest BCUT2D eigenvalue weighted by atomic mass is 10.1. The third kappa shape index (κ3) is 2.17. The van der Waals surface area contributed by atoms with E-state index in [1.165, 1.54) is 33.5 Å². The molecule has 0 spiro atoms. The molecule has 2 heterocycles. The van der Waals surface area contributed by atoms with E-state index < -0.39 is 16.0 Å². The number of hydrogen-bond acceptors (Lipinski definition) is 4. The maximum Gasteiger partial charge on any atom is 0.335 e. The Morgan fingerprint density at radius 1 is 1.38 bits per heavy atom. The Kier molecular flexibility index (Phi) is 2.98. The van der Waals surface area contributed by atoms with Crippen LogP contribution >= 0.6 is 0 Å². The first-order chi connectivity index (χ1) is 9.89. The lowest BCUT2D eigenvalue weighted by Gasteiger charge is -2.18. The number of benzene rings is 1. The minimum atomic E-state index is -3.66. The van der Waals surface area contributed by atoms with Crippen molar-refractivity contribution >= 4 is 21.7 Å². The average Bonchev–Trinajstić information content (AvgIpc) is 3.04. The first-order valence-corrected chi connectivity index (χ1v) is 7.71. The van der Waals surface area contributed by atoms with Gasteiger partial charge in [-0.1, -0.05) is 0 Å². The molecule has 0 atom stereocenters. The predicted molar refractivity (Wildman–Crippen MR) is 74.8 cm³/mol. The molecule has 1 aliphatic rings. The molecule has 0 amide bonds. The van der Waals surface area contributed by atoms with Gasteiger partial charge in [-0.15, -0.1) is 0 Å². The van der Waals surface area contributed by atoms with Crippen LogP contribution in [0.15, 0.2) is 35.5 Å². The van der Waals surface area contributed by atoms with Gasteiger partial charge in [0.25, 0.3) is 10.0 Å². The van der Waals surface area contributed by atoms with E-state index in [0.29, 0.717) is 18.7 Å². The number of sulfonamides is 1. The van der Waals surface area contributed by atoms with Gasteiger partial charge in [0.05, 0.1) is 17.4 Å². The van der Waals surface area contributed by atoms with Crippen LogP contribution in [0.3, 0.4) is 0 Å². The number of aromatic carboxylic acids is 1. The van der Waals surface area contributed by atoms with Gasteiger partial charge in [-0.25, -0.2) is 13.2 Å². The Balaban J connectivity index is 2.03. The number of hydrogen-bond donors (Lipinski definition) is 1. The minimum Gasteiger partial charge on any atom is -0.478 e. The molecule has 3 rings (SSSR count). The number of carboxylic acid groups (broad SMARTS) is 1. The van der Waals surface area contributed by atoms with Crippen molar-refractivity contribution in [1.82, 2.24) is 9.78 Å². The Bertz CT molecular complexity index is 826. The van der Waals surface area contributed by atoms with Crippen LogP contribution < -0.4 is 4.31 Å². The molecule has 0 aliphatic carbocycles. The summed E-state index contributed by atoms with van der Waals surface area (Å²) in [7, 11) is -2.01. The predicted octanol–water partition coefficient (Wildman–Crippen LogP) is 0.870. The molecule has 0 saturated carbocycles. The highest BCUT2D eigenvalue weighted by Gasteiger charge is 2.32. The van der Waals surface area contributed by atoms with Crippen LogP contribution in [0.4, 0.5) is 5.69 Å². The number of anilines is 1. The standard InChI is InChI=1S/C13H13N3O4S/c1-15-8-11(7-14-15)21(19,20)16-5-4-9-6-10(13(17)18)2-3-12(9)16/h2-3,6-8H,4-5H2,1H3,(H,17,18). The van der Waals surface area contributed by atoms with Crippen molar-refractivity contribution in [3.05, 3.63) is 41.7 Å². The Morgan fingerprint density at radius 2 is 2.14 bits per heavy atom. The van der Waals surface area contributed by atoms with Gasteiger partial charge in [0.1, 0.15) is 4.90 Å². The maximum absolute atomic E-state index is 12.6. The zero-order valence-electron chi connectivity index (χ0n) is 11.2. The van der Waals surface area contributed by atoms with Crippen LogP contribution in [0.2, 0.25) is 0 Å². The van der Waals surface area contributed by atoms with Gasteiger partial charge in [0.15, 0.2) is 0 Å².